The zero-order valence-electron chi connectivity index (χ0n) is 12.2. The summed E-state index contributed by atoms with van der Waals surface area (Å²) < 4.78 is 7.47. The van der Waals surface area contributed by atoms with Crippen LogP contribution in [-0.2, 0) is 18.2 Å². The van der Waals surface area contributed by atoms with Gasteiger partial charge in [0.1, 0.15) is 0 Å². The van der Waals surface area contributed by atoms with Gasteiger partial charge < -0.3 is 9.84 Å². The van der Waals surface area contributed by atoms with Crippen LogP contribution in [0.1, 0.15) is 39.7 Å². The van der Waals surface area contributed by atoms with Gasteiger partial charge in [0.05, 0.1) is 18.4 Å². The van der Waals surface area contributed by atoms with Gasteiger partial charge in [-0.05, 0) is 30.7 Å². The van der Waals surface area contributed by atoms with Gasteiger partial charge in [-0.15, -0.1) is 0 Å². The number of rotatable bonds is 6. The molecule has 0 bridgehead atoms. The minimum absolute atomic E-state index is 0.0512. The fourth-order valence-electron chi connectivity index (χ4n) is 2.18. The Balaban J connectivity index is 2.53. The zero-order chi connectivity index (χ0) is 13.8. The molecule has 4 heteroatoms. The summed E-state index contributed by atoms with van der Waals surface area (Å²) in [6.07, 6.45) is 4.80. The molecular formula is C14H26N2O2. The zero-order valence-corrected chi connectivity index (χ0v) is 12.2. The topological polar surface area (TPSA) is 47.3 Å². The molecule has 0 aliphatic carbocycles. The molecule has 0 saturated carbocycles. The van der Waals surface area contributed by atoms with Crippen LogP contribution in [0, 0.1) is 5.41 Å². The molecule has 2 atom stereocenters. The van der Waals surface area contributed by atoms with Gasteiger partial charge in [0, 0.05) is 19.9 Å². The number of hydrogen-bond acceptors (Lipinski definition) is 3. The lowest BCUT2D eigenvalue weighted by atomic mass is 9.84. The van der Waals surface area contributed by atoms with Gasteiger partial charge in [0.25, 0.3) is 0 Å². The second kappa shape index (κ2) is 6.34. The van der Waals surface area contributed by atoms with E-state index in [-0.39, 0.29) is 11.5 Å². The number of nitrogens with zero attached hydrogens (tertiary/aromatic N) is 2. The molecule has 1 aromatic heterocycles. The first kappa shape index (κ1) is 15.2. The highest BCUT2D eigenvalue weighted by molar-refractivity contribution is 5.04. The van der Waals surface area contributed by atoms with Gasteiger partial charge in [-0.25, -0.2) is 0 Å². The molecule has 0 fully saturated rings. The van der Waals surface area contributed by atoms with Crippen molar-refractivity contribution in [2.24, 2.45) is 12.5 Å². The van der Waals surface area contributed by atoms with Gasteiger partial charge in [-0.2, -0.15) is 5.10 Å². The van der Waals surface area contributed by atoms with Crippen molar-refractivity contribution in [1.82, 2.24) is 9.78 Å². The maximum atomic E-state index is 10.3. The van der Waals surface area contributed by atoms with Crippen LogP contribution in [0.15, 0.2) is 12.4 Å². The average molecular weight is 254 g/mol. The Morgan fingerprint density at radius 2 is 2.11 bits per heavy atom. The van der Waals surface area contributed by atoms with Crippen molar-refractivity contribution >= 4 is 0 Å². The van der Waals surface area contributed by atoms with E-state index in [9.17, 15) is 5.11 Å². The van der Waals surface area contributed by atoms with Crippen LogP contribution < -0.4 is 0 Å². The number of aliphatic hydroxyl groups excluding tert-OH is 1. The second-order valence-corrected chi connectivity index (χ2v) is 5.87. The largest absolute Gasteiger partial charge is 0.390 e. The highest BCUT2D eigenvalue weighted by Gasteiger charge is 2.31. The molecule has 0 saturated heterocycles. The first-order valence-electron chi connectivity index (χ1n) is 6.61. The molecule has 4 nitrogen and oxygen atoms in total. The Labute approximate surface area is 110 Å². The Bertz CT molecular complexity index is 355. The van der Waals surface area contributed by atoms with E-state index in [1.54, 1.807) is 4.68 Å². The van der Waals surface area contributed by atoms with Gasteiger partial charge in [0.15, 0.2) is 0 Å². The third-order valence-electron chi connectivity index (χ3n) is 3.04. The monoisotopic (exact) mass is 254 g/mol. The molecule has 0 aliphatic rings. The summed E-state index contributed by atoms with van der Waals surface area (Å²) in [4.78, 5) is 0. The summed E-state index contributed by atoms with van der Waals surface area (Å²) in [5.41, 5.74) is 1.10. The van der Waals surface area contributed by atoms with Crippen molar-refractivity contribution in [3.63, 3.8) is 0 Å². The Morgan fingerprint density at radius 1 is 1.44 bits per heavy atom. The summed E-state index contributed by atoms with van der Waals surface area (Å²) in [6, 6.07) is 0. The lowest BCUT2D eigenvalue weighted by Gasteiger charge is -2.34. The molecule has 0 amide bonds. The van der Waals surface area contributed by atoms with Gasteiger partial charge >= 0.3 is 0 Å². The van der Waals surface area contributed by atoms with Gasteiger partial charge in [0.2, 0.25) is 0 Å². The van der Waals surface area contributed by atoms with E-state index in [4.69, 9.17) is 4.74 Å². The molecule has 1 N–H and O–H groups in total. The summed E-state index contributed by atoms with van der Waals surface area (Å²) in [5, 5.41) is 14.4. The fraction of sp³-hybridized carbons (Fsp3) is 0.786. The predicted molar refractivity (Wildman–Crippen MR) is 72.4 cm³/mol. The smallest absolute Gasteiger partial charge is 0.0881 e. The first-order chi connectivity index (χ1) is 8.34. The quantitative estimate of drug-likeness (QED) is 0.846. The maximum Gasteiger partial charge on any atom is 0.0881 e. The van der Waals surface area contributed by atoms with Crippen molar-refractivity contribution in [2.45, 2.75) is 52.7 Å². The molecule has 1 aromatic rings. The number of ether oxygens (including phenoxy) is 1. The van der Waals surface area contributed by atoms with Crippen LogP contribution in [-0.4, -0.2) is 33.7 Å². The van der Waals surface area contributed by atoms with Crippen LogP contribution in [0.25, 0.3) is 0 Å². The van der Waals surface area contributed by atoms with Crippen LogP contribution >= 0.6 is 0 Å². The third-order valence-corrected chi connectivity index (χ3v) is 3.04. The van der Waals surface area contributed by atoms with E-state index in [2.05, 4.69) is 25.9 Å². The summed E-state index contributed by atoms with van der Waals surface area (Å²) >= 11 is 0. The maximum absolute atomic E-state index is 10.3. The van der Waals surface area contributed by atoms with Crippen molar-refractivity contribution < 1.29 is 9.84 Å². The molecular weight excluding hydrogens is 228 g/mol. The Kier molecular flexibility index (Phi) is 5.35. The van der Waals surface area contributed by atoms with Crippen molar-refractivity contribution in [1.29, 1.82) is 0 Å². The van der Waals surface area contributed by atoms with E-state index in [1.165, 1.54) is 0 Å². The van der Waals surface area contributed by atoms with E-state index in [0.29, 0.717) is 13.0 Å². The highest BCUT2D eigenvalue weighted by atomic mass is 16.5. The second-order valence-electron chi connectivity index (χ2n) is 5.87. The highest BCUT2D eigenvalue weighted by Crippen LogP contribution is 2.27. The molecule has 2 unspecified atom stereocenters. The lowest BCUT2D eigenvalue weighted by molar-refractivity contribution is -0.0900. The molecule has 0 spiro atoms. The molecule has 0 aromatic carbocycles. The SMILES string of the molecule is CCOC(C(O)CCc1cnn(C)c1)C(C)(C)C. The van der Waals surface area contributed by atoms with Crippen LogP contribution in [0.3, 0.4) is 0 Å². The Morgan fingerprint density at radius 3 is 2.56 bits per heavy atom. The molecule has 0 radical (unpaired) electrons. The van der Waals surface area contributed by atoms with Crippen molar-refractivity contribution in [3.8, 4) is 0 Å². The number of aromatic nitrogens is 2. The third kappa shape index (κ3) is 4.42. The Hall–Kier alpha value is -0.870. The lowest BCUT2D eigenvalue weighted by Crippen LogP contribution is -2.40. The first-order valence-corrected chi connectivity index (χ1v) is 6.61. The molecule has 1 rings (SSSR count). The predicted octanol–water partition coefficient (Wildman–Crippen LogP) is 2.16. The van der Waals surface area contributed by atoms with Gasteiger partial charge in [-0.1, -0.05) is 20.8 Å². The van der Waals surface area contributed by atoms with Crippen LogP contribution in [0.5, 0.6) is 0 Å². The molecule has 18 heavy (non-hydrogen) atoms. The summed E-state index contributed by atoms with van der Waals surface area (Å²) in [6.45, 7) is 8.89. The molecule has 104 valence electrons. The summed E-state index contributed by atoms with van der Waals surface area (Å²) in [5.74, 6) is 0. The normalized spacial score (nSPS) is 15.7. The van der Waals surface area contributed by atoms with E-state index < -0.39 is 6.10 Å². The minimum Gasteiger partial charge on any atom is -0.390 e. The number of aliphatic hydroxyl groups is 1. The number of aryl methyl sites for hydroxylation is 2. The standard InChI is InChI=1S/C14H26N2O2/c1-6-18-13(14(2,3)4)12(17)8-7-11-9-15-16(5)10-11/h9-10,12-13,17H,6-8H2,1-5H3. The fourth-order valence-corrected chi connectivity index (χ4v) is 2.18. The molecule has 1 heterocycles. The minimum atomic E-state index is -0.440. The van der Waals surface area contributed by atoms with Crippen LogP contribution in [0.2, 0.25) is 0 Å². The number of hydrogen-bond donors (Lipinski definition) is 1. The van der Waals surface area contributed by atoms with E-state index >= 15 is 0 Å². The molecule has 0 aliphatic heterocycles. The average Bonchev–Trinajstić information content (AvgIpc) is 2.67. The van der Waals surface area contributed by atoms with Gasteiger partial charge in [-0.3, -0.25) is 4.68 Å². The van der Waals surface area contributed by atoms with Crippen molar-refractivity contribution in [2.75, 3.05) is 6.61 Å². The van der Waals surface area contributed by atoms with E-state index in [0.717, 1.165) is 12.0 Å². The van der Waals surface area contributed by atoms with E-state index in [1.807, 2.05) is 26.4 Å². The summed E-state index contributed by atoms with van der Waals surface area (Å²) in [7, 11) is 1.90. The van der Waals surface area contributed by atoms with Crippen molar-refractivity contribution in [3.05, 3.63) is 18.0 Å². The van der Waals surface area contributed by atoms with Crippen LogP contribution in [0.4, 0.5) is 0 Å².